The Bertz CT molecular complexity index is 1400. The molecule has 0 aliphatic carbocycles. The number of carbonyl (C=O) groups is 1. The number of fused-ring (bicyclic) bond motifs is 1. The number of rotatable bonds is 6. The molecule has 3 aromatic heterocycles. The van der Waals surface area contributed by atoms with Crippen LogP contribution in [-0.2, 0) is 0 Å². The van der Waals surface area contributed by atoms with E-state index >= 15 is 0 Å². The maximum absolute atomic E-state index is 13.4. The molecule has 10 heteroatoms. The minimum Gasteiger partial charge on any atom is -0.346 e. The summed E-state index contributed by atoms with van der Waals surface area (Å²) in [7, 11) is 0. The highest BCUT2D eigenvalue weighted by atomic mass is 19.1. The SMILES string of the molecule is Cc1cc(F)ccc1C(=O)N1CCN(CC(CC#N)n2cc(-c3ncnc4[nH]ccc34)cn2)CC1. The van der Waals surface area contributed by atoms with Crippen molar-refractivity contribution in [3.05, 3.63) is 66.1 Å². The number of hydrogen-bond acceptors (Lipinski definition) is 6. The number of aromatic nitrogens is 5. The summed E-state index contributed by atoms with van der Waals surface area (Å²) in [6, 6.07) is 8.34. The molecule has 35 heavy (non-hydrogen) atoms. The Morgan fingerprint density at radius 1 is 1.23 bits per heavy atom. The van der Waals surface area contributed by atoms with Crippen molar-refractivity contribution in [1.29, 1.82) is 5.26 Å². The molecule has 1 unspecified atom stereocenters. The highest BCUT2D eigenvalue weighted by molar-refractivity contribution is 5.95. The van der Waals surface area contributed by atoms with Gasteiger partial charge in [-0.3, -0.25) is 14.4 Å². The fraction of sp³-hybridized carbons (Fsp3) is 0.320. The second-order valence-electron chi connectivity index (χ2n) is 8.74. The maximum atomic E-state index is 13.4. The van der Waals surface area contributed by atoms with Crippen molar-refractivity contribution >= 4 is 16.9 Å². The van der Waals surface area contributed by atoms with Crippen LogP contribution in [0.1, 0.15) is 28.4 Å². The lowest BCUT2D eigenvalue weighted by molar-refractivity contribution is 0.0616. The third kappa shape index (κ3) is 4.63. The minimum absolute atomic E-state index is 0.0756. The lowest BCUT2D eigenvalue weighted by Crippen LogP contribution is -2.50. The van der Waals surface area contributed by atoms with E-state index in [-0.39, 0.29) is 17.8 Å². The van der Waals surface area contributed by atoms with E-state index in [0.717, 1.165) is 22.3 Å². The molecule has 0 bridgehead atoms. The summed E-state index contributed by atoms with van der Waals surface area (Å²) in [6.07, 6.45) is 7.35. The normalized spacial score (nSPS) is 15.3. The van der Waals surface area contributed by atoms with E-state index in [2.05, 4.69) is 31.0 Å². The quantitative estimate of drug-likeness (QED) is 0.462. The second kappa shape index (κ2) is 9.64. The monoisotopic (exact) mass is 472 g/mol. The average molecular weight is 473 g/mol. The Balaban J connectivity index is 1.25. The molecular formula is C25H25FN8O. The van der Waals surface area contributed by atoms with Gasteiger partial charge >= 0.3 is 0 Å². The van der Waals surface area contributed by atoms with E-state index in [9.17, 15) is 14.4 Å². The Morgan fingerprint density at radius 2 is 2.06 bits per heavy atom. The zero-order valence-corrected chi connectivity index (χ0v) is 19.4. The van der Waals surface area contributed by atoms with Crippen LogP contribution in [0.25, 0.3) is 22.3 Å². The lowest BCUT2D eigenvalue weighted by Gasteiger charge is -2.36. The number of carbonyl (C=O) groups excluding carboxylic acids is 1. The van der Waals surface area contributed by atoms with Crippen molar-refractivity contribution in [2.45, 2.75) is 19.4 Å². The smallest absolute Gasteiger partial charge is 0.254 e. The number of aromatic amines is 1. The van der Waals surface area contributed by atoms with Crippen LogP contribution in [0.15, 0.2) is 49.2 Å². The van der Waals surface area contributed by atoms with Gasteiger partial charge in [0.05, 0.1) is 30.4 Å². The molecule has 1 atom stereocenters. The standard InChI is InChI=1S/C25H25FN8O/c1-17-12-19(26)2-3-21(17)25(35)33-10-8-32(9-11-33)15-20(4-6-27)34-14-18(13-31-34)23-22-5-7-28-24(22)30-16-29-23/h2-3,5,7,12-14,16,20H,4,8-11,15H2,1H3,(H,28,29,30). The van der Waals surface area contributed by atoms with Gasteiger partial charge in [0.25, 0.3) is 5.91 Å². The molecule has 0 saturated carbocycles. The molecule has 0 radical (unpaired) electrons. The van der Waals surface area contributed by atoms with Crippen LogP contribution < -0.4 is 0 Å². The van der Waals surface area contributed by atoms with E-state index in [0.29, 0.717) is 50.3 Å². The Morgan fingerprint density at radius 3 is 2.83 bits per heavy atom. The zero-order valence-electron chi connectivity index (χ0n) is 19.4. The Kier molecular flexibility index (Phi) is 6.25. The first-order valence-electron chi connectivity index (χ1n) is 11.5. The van der Waals surface area contributed by atoms with Gasteiger partial charge in [0.2, 0.25) is 0 Å². The fourth-order valence-electron chi connectivity index (χ4n) is 4.58. The maximum Gasteiger partial charge on any atom is 0.254 e. The fourth-order valence-corrected chi connectivity index (χ4v) is 4.58. The number of H-pyrrole nitrogens is 1. The summed E-state index contributed by atoms with van der Waals surface area (Å²) in [5.74, 6) is -0.417. The van der Waals surface area contributed by atoms with Crippen molar-refractivity contribution in [3.8, 4) is 17.3 Å². The first kappa shape index (κ1) is 22.7. The van der Waals surface area contributed by atoms with Crippen molar-refractivity contribution in [3.63, 3.8) is 0 Å². The third-order valence-corrected chi connectivity index (χ3v) is 6.48. The van der Waals surface area contributed by atoms with Crippen LogP contribution in [0.3, 0.4) is 0 Å². The number of aryl methyl sites for hydroxylation is 1. The lowest BCUT2D eigenvalue weighted by atomic mass is 10.1. The van der Waals surface area contributed by atoms with Gasteiger partial charge in [-0.2, -0.15) is 10.4 Å². The Hall–Kier alpha value is -4.10. The molecule has 178 valence electrons. The number of benzene rings is 1. The molecule has 5 rings (SSSR count). The molecule has 1 amide bonds. The zero-order chi connectivity index (χ0) is 24.4. The molecule has 1 fully saturated rings. The predicted molar refractivity (Wildman–Crippen MR) is 128 cm³/mol. The molecule has 4 heterocycles. The summed E-state index contributed by atoms with van der Waals surface area (Å²) < 4.78 is 15.2. The Labute approximate surface area is 201 Å². The summed E-state index contributed by atoms with van der Waals surface area (Å²) in [5.41, 5.74) is 3.60. The van der Waals surface area contributed by atoms with Gasteiger partial charge < -0.3 is 9.88 Å². The van der Waals surface area contributed by atoms with E-state index in [1.165, 1.54) is 18.5 Å². The van der Waals surface area contributed by atoms with Gasteiger partial charge in [0.1, 0.15) is 17.8 Å². The van der Waals surface area contributed by atoms with Crippen molar-refractivity contribution < 1.29 is 9.18 Å². The molecular weight excluding hydrogens is 447 g/mol. The second-order valence-corrected chi connectivity index (χ2v) is 8.74. The molecule has 1 aliphatic rings. The van der Waals surface area contributed by atoms with E-state index in [1.54, 1.807) is 24.1 Å². The average Bonchev–Trinajstić information content (AvgIpc) is 3.54. The molecule has 4 aromatic rings. The van der Waals surface area contributed by atoms with E-state index in [1.807, 2.05) is 23.1 Å². The number of nitrogens with one attached hydrogen (secondary N) is 1. The van der Waals surface area contributed by atoms with Crippen LogP contribution in [0.5, 0.6) is 0 Å². The van der Waals surface area contributed by atoms with E-state index in [4.69, 9.17) is 0 Å². The largest absolute Gasteiger partial charge is 0.346 e. The van der Waals surface area contributed by atoms with Crippen molar-refractivity contribution in [2.75, 3.05) is 32.7 Å². The summed E-state index contributed by atoms with van der Waals surface area (Å²) in [5, 5.41) is 14.9. The molecule has 0 spiro atoms. The first-order chi connectivity index (χ1) is 17.0. The van der Waals surface area contributed by atoms with Gasteiger partial charge in [0, 0.05) is 61.6 Å². The number of piperazine rings is 1. The van der Waals surface area contributed by atoms with Crippen LogP contribution in [-0.4, -0.2) is 73.2 Å². The number of hydrogen-bond donors (Lipinski definition) is 1. The van der Waals surface area contributed by atoms with Crippen molar-refractivity contribution in [1.82, 2.24) is 34.5 Å². The van der Waals surface area contributed by atoms with Crippen LogP contribution in [0.2, 0.25) is 0 Å². The number of nitriles is 1. The van der Waals surface area contributed by atoms with Gasteiger partial charge in [-0.15, -0.1) is 0 Å². The molecule has 1 saturated heterocycles. The van der Waals surface area contributed by atoms with Gasteiger partial charge in [-0.1, -0.05) is 0 Å². The molecule has 1 aromatic carbocycles. The molecule has 9 nitrogen and oxygen atoms in total. The van der Waals surface area contributed by atoms with Crippen LogP contribution >= 0.6 is 0 Å². The highest BCUT2D eigenvalue weighted by Crippen LogP contribution is 2.26. The summed E-state index contributed by atoms with van der Waals surface area (Å²) in [6.45, 7) is 4.93. The number of nitrogens with zero attached hydrogens (tertiary/aromatic N) is 7. The van der Waals surface area contributed by atoms with Gasteiger partial charge in [-0.05, 0) is 36.8 Å². The molecule has 1 aliphatic heterocycles. The van der Waals surface area contributed by atoms with Gasteiger partial charge in [-0.25, -0.2) is 14.4 Å². The number of amides is 1. The first-order valence-corrected chi connectivity index (χ1v) is 11.5. The third-order valence-electron chi connectivity index (χ3n) is 6.48. The summed E-state index contributed by atoms with van der Waals surface area (Å²) >= 11 is 0. The van der Waals surface area contributed by atoms with E-state index < -0.39 is 0 Å². The topological polar surface area (TPSA) is 107 Å². The predicted octanol–water partition coefficient (Wildman–Crippen LogP) is 3.18. The highest BCUT2D eigenvalue weighted by Gasteiger charge is 2.26. The van der Waals surface area contributed by atoms with Crippen molar-refractivity contribution in [2.24, 2.45) is 0 Å². The minimum atomic E-state index is -0.341. The van der Waals surface area contributed by atoms with Crippen LogP contribution in [0.4, 0.5) is 4.39 Å². The van der Waals surface area contributed by atoms with Gasteiger partial charge in [0.15, 0.2) is 0 Å². The summed E-state index contributed by atoms with van der Waals surface area (Å²) in [4.78, 5) is 28.7. The molecule has 1 N–H and O–H groups in total. The number of halogens is 1. The van der Waals surface area contributed by atoms with Crippen LogP contribution in [0, 0.1) is 24.1 Å².